The summed E-state index contributed by atoms with van der Waals surface area (Å²) >= 11 is 0. The Morgan fingerprint density at radius 1 is 1.18 bits per heavy atom. The Labute approximate surface area is 159 Å². The number of hydrogen-bond donors (Lipinski definition) is 1. The van der Waals surface area contributed by atoms with Crippen molar-refractivity contribution in [1.82, 2.24) is 0 Å². The number of halogens is 3. The molecule has 0 spiro atoms. The second kappa shape index (κ2) is 6.78. The Morgan fingerprint density at radius 3 is 2.36 bits per heavy atom. The number of sulfone groups is 1. The lowest BCUT2D eigenvalue weighted by Crippen LogP contribution is -2.47. The molecule has 0 aromatic heterocycles. The van der Waals surface area contributed by atoms with Crippen LogP contribution in [-0.4, -0.2) is 51.2 Å². The van der Waals surface area contributed by atoms with Crippen molar-refractivity contribution in [3.63, 3.8) is 0 Å². The van der Waals surface area contributed by atoms with Gasteiger partial charge < -0.3 is 14.7 Å². The second-order valence-corrected chi connectivity index (χ2v) is 8.35. The van der Waals surface area contributed by atoms with E-state index < -0.39 is 28.3 Å². The maximum absolute atomic E-state index is 13.4. The first-order valence-corrected chi connectivity index (χ1v) is 9.95. The zero-order chi connectivity index (χ0) is 20.7. The van der Waals surface area contributed by atoms with Crippen molar-refractivity contribution in [1.29, 1.82) is 0 Å². The van der Waals surface area contributed by atoms with Crippen molar-refractivity contribution < 1.29 is 31.4 Å². The molecule has 1 aliphatic rings. The highest BCUT2D eigenvalue weighted by molar-refractivity contribution is 7.90. The van der Waals surface area contributed by atoms with Crippen LogP contribution in [0.1, 0.15) is 5.56 Å². The number of amidine groups is 1. The maximum atomic E-state index is 13.4. The molecule has 2 aromatic rings. The van der Waals surface area contributed by atoms with Crippen molar-refractivity contribution in [2.24, 2.45) is 4.99 Å². The van der Waals surface area contributed by atoms with Crippen LogP contribution in [0.2, 0.25) is 0 Å². The van der Waals surface area contributed by atoms with Gasteiger partial charge in [0, 0.05) is 17.5 Å². The molecule has 1 unspecified atom stereocenters. The fourth-order valence-corrected chi connectivity index (χ4v) is 3.42. The van der Waals surface area contributed by atoms with Crippen molar-refractivity contribution in [2.45, 2.75) is 16.8 Å². The average Bonchev–Trinajstić information content (AvgIpc) is 3.00. The van der Waals surface area contributed by atoms with Gasteiger partial charge in [-0.15, -0.1) is 0 Å². The molecule has 2 aromatic carbocycles. The predicted octanol–water partition coefficient (Wildman–Crippen LogP) is 2.62. The zero-order valence-corrected chi connectivity index (χ0v) is 15.8. The van der Waals surface area contributed by atoms with Crippen LogP contribution in [0.3, 0.4) is 0 Å². The van der Waals surface area contributed by atoms with E-state index in [-0.39, 0.29) is 16.4 Å². The zero-order valence-electron chi connectivity index (χ0n) is 14.9. The summed E-state index contributed by atoms with van der Waals surface area (Å²) in [6.07, 6.45) is -3.96. The topological polar surface area (TPSA) is 79.2 Å². The minimum Gasteiger partial charge on any atom is -0.497 e. The molecule has 3 rings (SSSR count). The van der Waals surface area contributed by atoms with E-state index in [2.05, 4.69) is 4.99 Å². The number of ether oxygens (including phenoxy) is 1. The fourth-order valence-electron chi connectivity index (χ4n) is 2.79. The number of benzene rings is 2. The Kier molecular flexibility index (Phi) is 4.88. The molecule has 1 N–H and O–H groups in total. The summed E-state index contributed by atoms with van der Waals surface area (Å²) in [7, 11) is -2.04. The summed E-state index contributed by atoms with van der Waals surface area (Å²) in [5.74, 6) is 0.306. The van der Waals surface area contributed by atoms with Gasteiger partial charge in [0.05, 0.1) is 18.6 Å². The fraction of sp³-hybridized carbons (Fsp3) is 0.278. The number of methoxy groups -OCH3 is 1. The molecule has 1 aliphatic heterocycles. The van der Waals surface area contributed by atoms with Crippen molar-refractivity contribution in [2.75, 3.05) is 24.8 Å². The van der Waals surface area contributed by atoms with Crippen LogP contribution in [-0.2, 0) is 9.84 Å². The van der Waals surface area contributed by atoms with Crippen LogP contribution in [0.25, 0.3) is 0 Å². The first-order valence-electron chi connectivity index (χ1n) is 8.06. The smallest absolute Gasteiger partial charge is 0.440 e. The number of nitrogens with zero attached hydrogens (tertiary/aromatic N) is 2. The maximum Gasteiger partial charge on any atom is 0.440 e. The number of anilines is 1. The summed E-state index contributed by atoms with van der Waals surface area (Å²) in [5.41, 5.74) is -2.72. The van der Waals surface area contributed by atoms with Gasteiger partial charge in [-0.05, 0) is 36.4 Å². The van der Waals surface area contributed by atoms with Crippen molar-refractivity contribution >= 4 is 21.4 Å². The molecule has 0 radical (unpaired) electrons. The van der Waals surface area contributed by atoms with E-state index in [1.807, 2.05) is 0 Å². The van der Waals surface area contributed by atoms with Crippen LogP contribution in [0.4, 0.5) is 18.9 Å². The number of aliphatic hydroxyl groups is 1. The van der Waals surface area contributed by atoms with Gasteiger partial charge in [0.15, 0.2) is 9.84 Å². The molecule has 10 heteroatoms. The second-order valence-electron chi connectivity index (χ2n) is 6.33. The normalized spacial score (nSPS) is 20.2. The van der Waals surface area contributed by atoms with E-state index in [1.54, 1.807) is 18.2 Å². The number of alkyl halides is 3. The number of rotatable bonds is 4. The molecular weight excluding hydrogens is 397 g/mol. The van der Waals surface area contributed by atoms with Crippen LogP contribution in [0.15, 0.2) is 58.4 Å². The molecular formula is C18H17F3N2O4S. The molecule has 0 bridgehead atoms. The Balaban J connectivity index is 2.09. The van der Waals surface area contributed by atoms with Gasteiger partial charge in [-0.25, -0.2) is 13.4 Å². The summed E-state index contributed by atoms with van der Waals surface area (Å²) in [6, 6.07) is 11.6. The van der Waals surface area contributed by atoms with E-state index in [0.29, 0.717) is 11.3 Å². The lowest BCUT2D eigenvalue weighted by Gasteiger charge is -2.25. The highest BCUT2D eigenvalue weighted by Gasteiger charge is 2.58. The predicted molar refractivity (Wildman–Crippen MR) is 97.4 cm³/mol. The summed E-state index contributed by atoms with van der Waals surface area (Å²) in [4.78, 5) is 4.78. The van der Waals surface area contributed by atoms with Gasteiger partial charge in [-0.2, -0.15) is 13.2 Å². The lowest BCUT2D eigenvalue weighted by atomic mass is 10.1. The number of aliphatic imine (C=N–C) groups is 1. The monoisotopic (exact) mass is 414 g/mol. The first kappa shape index (κ1) is 20.2. The molecule has 0 aliphatic carbocycles. The third-order valence-corrected chi connectivity index (χ3v) is 5.41. The van der Waals surface area contributed by atoms with Gasteiger partial charge in [-0.1, -0.05) is 12.1 Å². The summed E-state index contributed by atoms with van der Waals surface area (Å²) in [6.45, 7) is -0.860. The Bertz CT molecular complexity index is 1020. The van der Waals surface area contributed by atoms with E-state index >= 15 is 0 Å². The number of β-amino-alcohol motifs (C(OH)–C–C–N with tert-alkyl or cyclic N) is 1. The Hall–Kier alpha value is -2.59. The number of hydrogen-bond acceptors (Lipinski definition) is 6. The van der Waals surface area contributed by atoms with Crippen LogP contribution in [0, 0.1) is 0 Å². The van der Waals surface area contributed by atoms with Gasteiger partial charge in [0.1, 0.15) is 11.6 Å². The van der Waals surface area contributed by atoms with E-state index in [9.17, 15) is 26.7 Å². The molecule has 28 heavy (non-hydrogen) atoms. The summed E-state index contributed by atoms with van der Waals surface area (Å²) in [5, 5.41) is 10.1. The molecule has 0 amide bonds. The van der Waals surface area contributed by atoms with Gasteiger partial charge >= 0.3 is 6.18 Å². The minimum absolute atomic E-state index is 0.0291. The first-order chi connectivity index (χ1) is 12.9. The quantitative estimate of drug-likeness (QED) is 0.832. The average molecular weight is 414 g/mol. The summed E-state index contributed by atoms with van der Waals surface area (Å²) < 4.78 is 68.5. The third-order valence-electron chi connectivity index (χ3n) is 4.28. The van der Waals surface area contributed by atoms with Crippen molar-refractivity contribution in [3.05, 3.63) is 54.1 Å². The van der Waals surface area contributed by atoms with Gasteiger partial charge in [-0.3, -0.25) is 0 Å². The standard InChI is InChI=1S/C18H17F3N2O4S/c1-27-14-5-3-4-12(10-14)16-22-17(24,18(19,20)21)11-23(16)13-6-8-15(9-7-13)28(2,25)26/h3-10,24H,11H2,1-2H3. The SMILES string of the molecule is COc1cccc(C2=NC(O)(C(F)(F)F)CN2c2ccc(S(C)(=O)=O)cc2)c1. The molecule has 1 heterocycles. The molecule has 150 valence electrons. The molecule has 6 nitrogen and oxygen atoms in total. The van der Waals surface area contributed by atoms with Crippen LogP contribution < -0.4 is 9.64 Å². The minimum atomic E-state index is -4.99. The van der Waals surface area contributed by atoms with Gasteiger partial charge in [0.25, 0.3) is 5.72 Å². The molecule has 0 saturated heterocycles. The largest absolute Gasteiger partial charge is 0.497 e. The lowest BCUT2D eigenvalue weighted by molar-refractivity contribution is -0.249. The highest BCUT2D eigenvalue weighted by atomic mass is 32.2. The van der Waals surface area contributed by atoms with E-state index in [0.717, 1.165) is 6.26 Å². The molecule has 0 saturated carbocycles. The molecule has 1 atom stereocenters. The van der Waals surface area contributed by atoms with Crippen LogP contribution in [0.5, 0.6) is 5.75 Å². The van der Waals surface area contributed by atoms with Crippen molar-refractivity contribution in [3.8, 4) is 5.75 Å². The third kappa shape index (κ3) is 3.69. The van der Waals surface area contributed by atoms with E-state index in [1.165, 1.54) is 42.3 Å². The van der Waals surface area contributed by atoms with Gasteiger partial charge in [0.2, 0.25) is 0 Å². The highest BCUT2D eigenvalue weighted by Crippen LogP contribution is 2.39. The van der Waals surface area contributed by atoms with Crippen LogP contribution >= 0.6 is 0 Å². The van der Waals surface area contributed by atoms with E-state index in [4.69, 9.17) is 4.74 Å². The Morgan fingerprint density at radius 2 is 1.82 bits per heavy atom. The molecule has 0 fully saturated rings.